The minimum Gasteiger partial charge on any atom is -0.374 e. The molecule has 3 nitrogen and oxygen atoms in total. The minimum atomic E-state index is 0.234. The molecule has 23 heavy (non-hydrogen) atoms. The molecule has 3 atom stereocenters. The third-order valence-electron chi connectivity index (χ3n) is 5.81. The number of hydrogen-bond acceptors (Lipinski definition) is 3. The van der Waals surface area contributed by atoms with E-state index in [4.69, 9.17) is 4.74 Å². The molecule has 0 radical (unpaired) electrons. The first-order valence-electron chi connectivity index (χ1n) is 9.19. The van der Waals surface area contributed by atoms with Gasteiger partial charge in [-0.25, -0.2) is 0 Å². The molecule has 0 N–H and O–H groups in total. The molecular formula is C19H27NO2S. The Morgan fingerprint density at radius 3 is 2.83 bits per heavy atom. The van der Waals surface area contributed by atoms with E-state index < -0.39 is 0 Å². The van der Waals surface area contributed by atoms with Crippen LogP contribution < -0.4 is 0 Å². The molecule has 1 aromatic rings. The van der Waals surface area contributed by atoms with Gasteiger partial charge in [0.2, 0.25) is 5.91 Å². The van der Waals surface area contributed by atoms with Gasteiger partial charge in [-0.05, 0) is 44.2 Å². The SMILES string of the molecule is Cc1ccc(C2CC2C(=O)N2CCOC(C3CCCCC3)C2)s1. The van der Waals surface area contributed by atoms with Crippen molar-refractivity contribution in [2.75, 3.05) is 19.7 Å². The van der Waals surface area contributed by atoms with E-state index in [0.29, 0.717) is 17.7 Å². The molecule has 1 aromatic heterocycles. The molecule has 2 heterocycles. The Morgan fingerprint density at radius 2 is 2.09 bits per heavy atom. The van der Waals surface area contributed by atoms with Crippen LogP contribution in [-0.4, -0.2) is 36.6 Å². The minimum absolute atomic E-state index is 0.234. The van der Waals surface area contributed by atoms with Crippen molar-refractivity contribution in [1.29, 1.82) is 0 Å². The fourth-order valence-electron chi connectivity index (χ4n) is 4.34. The van der Waals surface area contributed by atoms with Gasteiger partial charge in [0.15, 0.2) is 0 Å². The van der Waals surface area contributed by atoms with Crippen LogP contribution >= 0.6 is 11.3 Å². The number of aryl methyl sites for hydroxylation is 1. The second-order valence-electron chi connectivity index (χ2n) is 7.49. The predicted octanol–water partition coefficient (Wildman–Crippen LogP) is 3.97. The van der Waals surface area contributed by atoms with E-state index in [0.717, 1.165) is 26.1 Å². The topological polar surface area (TPSA) is 29.5 Å². The summed E-state index contributed by atoms with van der Waals surface area (Å²) in [6.45, 7) is 4.48. The summed E-state index contributed by atoms with van der Waals surface area (Å²) in [5.41, 5.74) is 0. The molecule has 3 fully saturated rings. The lowest BCUT2D eigenvalue weighted by Crippen LogP contribution is -2.49. The molecule has 2 saturated carbocycles. The van der Waals surface area contributed by atoms with Gasteiger partial charge in [0.05, 0.1) is 12.7 Å². The molecule has 3 unspecified atom stereocenters. The zero-order valence-electron chi connectivity index (χ0n) is 14.0. The molecule has 0 spiro atoms. The first-order chi connectivity index (χ1) is 11.2. The molecule has 1 amide bonds. The number of ether oxygens (including phenoxy) is 1. The standard InChI is InChI=1S/C19H27NO2S/c1-13-7-8-18(23-13)15-11-16(15)19(21)20-9-10-22-17(12-20)14-5-3-2-4-6-14/h7-8,14-17H,2-6,9-12H2,1H3. The zero-order valence-corrected chi connectivity index (χ0v) is 14.8. The highest BCUT2D eigenvalue weighted by molar-refractivity contribution is 7.12. The Hall–Kier alpha value is -0.870. The first-order valence-corrected chi connectivity index (χ1v) is 10.0. The van der Waals surface area contributed by atoms with Gasteiger partial charge in [0.25, 0.3) is 0 Å². The molecule has 1 aliphatic heterocycles. The maximum Gasteiger partial charge on any atom is 0.226 e. The van der Waals surface area contributed by atoms with E-state index in [2.05, 4.69) is 24.0 Å². The number of amides is 1. The quantitative estimate of drug-likeness (QED) is 0.838. The van der Waals surface area contributed by atoms with Crippen LogP contribution in [0.3, 0.4) is 0 Å². The second kappa shape index (κ2) is 6.56. The maximum absolute atomic E-state index is 12.9. The summed E-state index contributed by atoms with van der Waals surface area (Å²) in [5.74, 6) is 1.77. The van der Waals surface area contributed by atoms with Crippen molar-refractivity contribution >= 4 is 17.2 Å². The third kappa shape index (κ3) is 3.34. The van der Waals surface area contributed by atoms with Crippen LogP contribution in [0.1, 0.15) is 54.2 Å². The molecule has 1 saturated heterocycles. The fraction of sp³-hybridized carbons (Fsp3) is 0.737. The smallest absolute Gasteiger partial charge is 0.226 e. The van der Waals surface area contributed by atoms with Gasteiger partial charge < -0.3 is 9.64 Å². The average molecular weight is 333 g/mol. The number of carbonyl (C=O) groups excluding carboxylic acids is 1. The van der Waals surface area contributed by atoms with Gasteiger partial charge in [0.1, 0.15) is 0 Å². The number of rotatable bonds is 3. The summed E-state index contributed by atoms with van der Waals surface area (Å²) in [5, 5.41) is 0. The molecule has 2 aliphatic carbocycles. The number of carbonyl (C=O) groups is 1. The van der Waals surface area contributed by atoms with Crippen LogP contribution in [0.5, 0.6) is 0 Å². The summed E-state index contributed by atoms with van der Waals surface area (Å²) < 4.78 is 6.02. The second-order valence-corrected chi connectivity index (χ2v) is 8.81. The Labute approximate surface area is 143 Å². The molecule has 0 bridgehead atoms. The highest BCUT2D eigenvalue weighted by Crippen LogP contribution is 2.50. The van der Waals surface area contributed by atoms with Gasteiger partial charge in [-0.3, -0.25) is 4.79 Å². The summed E-state index contributed by atoms with van der Waals surface area (Å²) in [7, 11) is 0. The third-order valence-corrected chi connectivity index (χ3v) is 6.95. The highest BCUT2D eigenvalue weighted by atomic mass is 32.1. The van der Waals surface area contributed by atoms with E-state index >= 15 is 0 Å². The van der Waals surface area contributed by atoms with Crippen LogP contribution in [0, 0.1) is 18.8 Å². The molecule has 4 rings (SSSR count). The molecule has 0 aromatic carbocycles. The van der Waals surface area contributed by atoms with Crippen molar-refractivity contribution < 1.29 is 9.53 Å². The van der Waals surface area contributed by atoms with Gasteiger partial charge in [-0.15, -0.1) is 11.3 Å². The normalized spacial score (nSPS) is 32.0. The molecular weight excluding hydrogens is 306 g/mol. The molecule has 126 valence electrons. The highest BCUT2D eigenvalue weighted by Gasteiger charge is 2.47. The summed E-state index contributed by atoms with van der Waals surface area (Å²) in [6.07, 6.45) is 7.94. The number of thiophene rings is 1. The van der Waals surface area contributed by atoms with Crippen molar-refractivity contribution in [1.82, 2.24) is 4.90 Å². The fourth-order valence-corrected chi connectivity index (χ4v) is 5.39. The van der Waals surface area contributed by atoms with E-state index in [1.807, 2.05) is 11.3 Å². The summed E-state index contributed by atoms with van der Waals surface area (Å²) in [6, 6.07) is 4.38. The van der Waals surface area contributed by atoms with Crippen molar-refractivity contribution in [3.63, 3.8) is 0 Å². The lowest BCUT2D eigenvalue weighted by Gasteiger charge is -2.38. The Balaban J connectivity index is 1.35. The lowest BCUT2D eigenvalue weighted by molar-refractivity contribution is -0.143. The predicted molar refractivity (Wildman–Crippen MR) is 92.8 cm³/mol. The van der Waals surface area contributed by atoms with Crippen LogP contribution in [0.2, 0.25) is 0 Å². The zero-order chi connectivity index (χ0) is 15.8. The lowest BCUT2D eigenvalue weighted by atomic mass is 9.84. The van der Waals surface area contributed by atoms with E-state index in [-0.39, 0.29) is 12.0 Å². The Morgan fingerprint density at radius 1 is 1.26 bits per heavy atom. The average Bonchev–Trinajstić information content (AvgIpc) is 3.29. The number of hydrogen-bond donors (Lipinski definition) is 0. The number of nitrogens with zero attached hydrogens (tertiary/aromatic N) is 1. The summed E-state index contributed by atoms with van der Waals surface area (Å²) in [4.78, 5) is 17.7. The number of morpholine rings is 1. The Bertz CT molecular complexity index is 563. The van der Waals surface area contributed by atoms with Gasteiger partial charge in [-0.2, -0.15) is 0 Å². The van der Waals surface area contributed by atoms with Crippen LogP contribution in [0.25, 0.3) is 0 Å². The largest absolute Gasteiger partial charge is 0.374 e. The van der Waals surface area contributed by atoms with Crippen LogP contribution in [0.15, 0.2) is 12.1 Å². The summed E-state index contributed by atoms with van der Waals surface area (Å²) >= 11 is 1.85. The molecule has 4 heteroatoms. The molecule has 3 aliphatic rings. The Kier molecular flexibility index (Phi) is 4.46. The van der Waals surface area contributed by atoms with E-state index in [9.17, 15) is 4.79 Å². The maximum atomic E-state index is 12.9. The monoisotopic (exact) mass is 333 g/mol. The van der Waals surface area contributed by atoms with Gasteiger partial charge >= 0.3 is 0 Å². The van der Waals surface area contributed by atoms with Gasteiger partial charge in [-0.1, -0.05) is 19.3 Å². The van der Waals surface area contributed by atoms with E-state index in [1.54, 1.807) is 0 Å². The van der Waals surface area contributed by atoms with Crippen molar-refractivity contribution in [3.05, 3.63) is 21.9 Å². The van der Waals surface area contributed by atoms with E-state index in [1.165, 1.54) is 41.9 Å². The van der Waals surface area contributed by atoms with Crippen LogP contribution in [-0.2, 0) is 9.53 Å². The van der Waals surface area contributed by atoms with Gasteiger partial charge in [0, 0.05) is 34.7 Å². The van der Waals surface area contributed by atoms with Crippen molar-refractivity contribution in [2.45, 2.75) is 57.5 Å². The van der Waals surface area contributed by atoms with Crippen molar-refractivity contribution in [2.24, 2.45) is 11.8 Å². The van der Waals surface area contributed by atoms with Crippen LogP contribution in [0.4, 0.5) is 0 Å². The van der Waals surface area contributed by atoms with Crippen molar-refractivity contribution in [3.8, 4) is 0 Å². The first kappa shape index (κ1) is 15.6.